The summed E-state index contributed by atoms with van der Waals surface area (Å²) < 4.78 is 11.1. The van der Waals surface area contributed by atoms with Crippen molar-refractivity contribution in [3.63, 3.8) is 0 Å². The zero-order valence-electron chi connectivity index (χ0n) is 15.3. The predicted octanol–water partition coefficient (Wildman–Crippen LogP) is 3.13. The number of hydrogen-bond acceptors (Lipinski definition) is 6. The highest BCUT2D eigenvalue weighted by molar-refractivity contribution is 5.58. The predicted molar refractivity (Wildman–Crippen MR) is 98.0 cm³/mol. The number of rotatable bonds is 8. The Balaban J connectivity index is 1.53. The van der Waals surface area contributed by atoms with Crippen LogP contribution in [0.4, 0.5) is 5.69 Å². The molecule has 2 aromatic rings. The smallest absolute Gasteiger partial charge is 0.240 e. The van der Waals surface area contributed by atoms with Crippen molar-refractivity contribution >= 4 is 5.69 Å². The molecular weight excluding hydrogens is 316 g/mol. The summed E-state index contributed by atoms with van der Waals surface area (Å²) in [6.07, 6.45) is 3.16. The molecule has 0 bridgehead atoms. The lowest BCUT2D eigenvalue weighted by Crippen LogP contribution is -2.46. The Bertz CT molecular complexity index is 650. The summed E-state index contributed by atoms with van der Waals surface area (Å²) in [6.45, 7) is 9.52. The Kier molecular flexibility index (Phi) is 6.28. The first-order valence-corrected chi connectivity index (χ1v) is 9.30. The van der Waals surface area contributed by atoms with Crippen molar-refractivity contribution in [2.75, 3.05) is 37.7 Å². The van der Waals surface area contributed by atoms with E-state index in [-0.39, 0.29) is 0 Å². The second-order valence-electron chi connectivity index (χ2n) is 6.37. The van der Waals surface area contributed by atoms with Crippen molar-refractivity contribution in [2.24, 2.45) is 0 Å². The number of unbranched alkanes of at least 4 members (excludes halogenated alkanes) is 1. The summed E-state index contributed by atoms with van der Waals surface area (Å²) in [6, 6.07) is 8.27. The van der Waals surface area contributed by atoms with Crippen LogP contribution in [-0.4, -0.2) is 47.8 Å². The van der Waals surface area contributed by atoms with E-state index in [2.05, 4.69) is 39.0 Å². The summed E-state index contributed by atoms with van der Waals surface area (Å²) in [5, 5.41) is 4.07. The Hall–Kier alpha value is -2.08. The maximum absolute atomic E-state index is 5.76. The molecule has 3 rings (SSSR count). The largest absolute Gasteiger partial charge is 0.492 e. The molecule has 6 nitrogen and oxygen atoms in total. The highest BCUT2D eigenvalue weighted by Gasteiger charge is 2.21. The lowest BCUT2D eigenvalue weighted by atomic mass is 10.2. The Morgan fingerprint density at radius 3 is 2.68 bits per heavy atom. The quantitative estimate of drug-likeness (QED) is 0.733. The van der Waals surface area contributed by atoms with Gasteiger partial charge < -0.3 is 14.2 Å². The van der Waals surface area contributed by atoms with Crippen LogP contribution in [0.3, 0.4) is 0 Å². The number of nitrogens with zero attached hydrogens (tertiary/aromatic N) is 4. The van der Waals surface area contributed by atoms with E-state index in [1.54, 1.807) is 0 Å². The third kappa shape index (κ3) is 4.72. The van der Waals surface area contributed by atoms with E-state index in [0.717, 1.165) is 69.5 Å². The molecule has 0 unspecified atom stereocenters. The summed E-state index contributed by atoms with van der Waals surface area (Å²) >= 11 is 0. The molecule has 0 N–H and O–H groups in total. The van der Waals surface area contributed by atoms with Gasteiger partial charge in [-0.25, -0.2) is 0 Å². The van der Waals surface area contributed by atoms with Gasteiger partial charge in [0.25, 0.3) is 0 Å². The van der Waals surface area contributed by atoms with Crippen LogP contribution in [0.2, 0.25) is 0 Å². The van der Waals surface area contributed by atoms with Crippen LogP contribution in [0.1, 0.15) is 38.4 Å². The molecule has 0 amide bonds. The first-order chi connectivity index (χ1) is 12.3. The van der Waals surface area contributed by atoms with Gasteiger partial charge in [-0.2, -0.15) is 4.98 Å². The number of hydrogen-bond donors (Lipinski definition) is 0. The fourth-order valence-electron chi connectivity index (χ4n) is 3.12. The van der Waals surface area contributed by atoms with Gasteiger partial charge in [0.05, 0.1) is 18.8 Å². The number of para-hydroxylation sites is 2. The van der Waals surface area contributed by atoms with E-state index in [1.807, 2.05) is 19.1 Å². The molecule has 1 aliphatic heterocycles. The second kappa shape index (κ2) is 8.85. The average molecular weight is 344 g/mol. The Morgan fingerprint density at radius 2 is 1.92 bits per heavy atom. The molecule has 0 atom stereocenters. The minimum absolute atomic E-state index is 0.689. The van der Waals surface area contributed by atoms with Gasteiger partial charge in [0.1, 0.15) is 5.75 Å². The summed E-state index contributed by atoms with van der Waals surface area (Å²) in [7, 11) is 0. The third-order valence-corrected chi connectivity index (χ3v) is 4.50. The monoisotopic (exact) mass is 344 g/mol. The van der Waals surface area contributed by atoms with E-state index < -0.39 is 0 Å². The number of benzene rings is 1. The molecule has 1 aliphatic rings. The van der Waals surface area contributed by atoms with Crippen LogP contribution in [0.5, 0.6) is 5.75 Å². The molecule has 0 aliphatic carbocycles. The van der Waals surface area contributed by atoms with E-state index in [4.69, 9.17) is 9.26 Å². The van der Waals surface area contributed by atoms with Crippen molar-refractivity contribution < 1.29 is 9.26 Å². The van der Waals surface area contributed by atoms with E-state index in [1.165, 1.54) is 5.69 Å². The lowest BCUT2D eigenvalue weighted by Gasteiger charge is -2.36. The minimum Gasteiger partial charge on any atom is -0.492 e. The molecular formula is C19H28N4O2. The minimum atomic E-state index is 0.689. The first kappa shape index (κ1) is 17.7. The molecule has 1 aromatic carbocycles. The maximum Gasteiger partial charge on any atom is 0.240 e. The zero-order chi connectivity index (χ0) is 17.5. The van der Waals surface area contributed by atoms with Crippen LogP contribution in [0, 0.1) is 0 Å². The topological polar surface area (TPSA) is 54.6 Å². The van der Waals surface area contributed by atoms with Crippen molar-refractivity contribution in [1.82, 2.24) is 15.0 Å². The third-order valence-electron chi connectivity index (χ3n) is 4.50. The van der Waals surface area contributed by atoms with Gasteiger partial charge in [-0.3, -0.25) is 4.90 Å². The van der Waals surface area contributed by atoms with E-state index in [0.29, 0.717) is 6.61 Å². The SMILES string of the molecule is CCCCc1noc(CN2CCN(c3ccccc3OCC)CC2)n1. The number of piperazine rings is 1. The van der Waals surface area contributed by atoms with Gasteiger partial charge >= 0.3 is 0 Å². The standard InChI is InChI=1S/C19H28N4O2/c1-3-5-10-18-20-19(25-21-18)15-22-11-13-23(14-12-22)16-8-6-7-9-17(16)24-4-2/h6-9H,3-5,10-15H2,1-2H3. The van der Waals surface area contributed by atoms with Gasteiger partial charge in [0, 0.05) is 32.6 Å². The summed E-state index contributed by atoms with van der Waals surface area (Å²) in [4.78, 5) is 9.27. The Morgan fingerprint density at radius 1 is 1.12 bits per heavy atom. The highest BCUT2D eigenvalue weighted by atomic mass is 16.5. The molecule has 0 radical (unpaired) electrons. The lowest BCUT2D eigenvalue weighted by molar-refractivity contribution is 0.214. The molecule has 2 heterocycles. The molecule has 1 fully saturated rings. The van der Waals surface area contributed by atoms with Crippen LogP contribution < -0.4 is 9.64 Å². The fraction of sp³-hybridized carbons (Fsp3) is 0.579. The molecule has 1 aromatic heterocycles. The molecule has 0 saturated carbocycles. The average Bonchev–Trinajstić information content (AvgIpc) is 3.09. The van der Waals surface area contributed by atoms with Crippen molar-refractivity contribution in [2.45, 2.75) is 39.7 Å². The first-order valence-electron chi connectivity index (χ1n) is 9.30. The number of aromatic nitrogens is 2. The summed E-state index contributed by atoms with van der Waals surface area (Å²) in [5.41, 5.74) is 1.18. The Labute approximate surface area is 149 Å². The van der Waals surface area contributed by atoms with Crippen LogP contribution in [0.15, 0.2) is 28.8 Å². The van der Waals surface area contributed by atoms with Crippen LogP contribution >= 0.6 is 0 Å². The maximum atomic E-state index is 5.76. The van der Waals surface area contributed by atoms with E-state index >= 15 is 0 Å². The summed E-state index contributed by atoms with van der Waals surface area (Å²) in [5.74, 6) is 2.53. The van der Waals surface area contributed by atoms with Gasteiger partial charge in [0.2, 0.25) is 5.89 Å². The highest BCUT2D eigenvalue weighted by Crippen LogP contribution is 2.28. The number of anilines is 1. The van der Waals surface area contributed by atoms with Crippen molar-refractivity contribution in [3.8, 4) is 5.75 Å². The van der Waals surface area contributed by atoms with Crippen molar-refractivity contribution in [1.29, 1.82) is 0 Å². The molecule has 136 valence electrons. The normalized spacial score (nSPS) is 15.5. The van der Waals surface area contributed by atoms with Gasteiger partial charge in [-0.1, -0.05) is 30.6 Å². The second-order valence-corrected chi connectivity index (χ2v) is 6.37. The van der Waals surface area contributed by atoms with Crippen LogP contribution in [0.25, 0.3) is 0 Å². The van der Waals surface area contributed by atoms with Gasteiger partial charge in [-0.05, 0) is 25.5 Å². The van der Waals surface area contributed by atoms with Gasteiger partial charge in [-0.15, -0.1) is 0 Å². The van der Waals surface area contributed by atoms with Gasteiger partial charge in [0.15, 0.2) is 5.82 Å². The number of aryl methyl sites for hydroxylation is 1. The number of ether oxygens (including phenoxy) is 1. The van der Waals surface area contributed by atoms with Crippen LogP contribution in [-0.2, 0) is 13.0 Å². The molecule has 0 spiro atoms. The molecule has 25 heavy (non-hydrogen) atoms. The molecule has 6 heteroatoms. The molecule has 1 saturated heterocycles. The van der Waals surface area contributed by atoms with Crippen molar-refractivity contribution in [3.05, 3.63) is 36.0 Å². The fourth-order valence-corrected chi connectivity index (χ4v) is 3.12. The zero-order valence-corrected chi connectivity index (χ0v) is 15.3. The van der Waals surface area contributed by atoms with E-state index in [9.17, 15) is 0 Å².